The topological polar surface area (TPSA) is 69.2 Å². The fourth-order valence-electron chi connectivity index (χ4n) is 1.49. The minimum absolute atomic E-state index is 0. The van der Waals surface area contributed by atoms with Crippen LogP contribution in [-0.2, 0) is 4.79 Å². The Hall–Kier alpha value is -1.40. The van der Waals surface area contributed by atoms with E-state index >= 15 is 0 Å². The number of carbonyl (C=O) groups excluding carboxylic acids is 2. The zero-order valence-corrected chi connectivity index (χ0v) is 13.6. The van der Waals surface area contributed by atoms with Crippen molar-refractivity contribution in [3.8, 4) is 0 Å². The molecule has 0 spiro atoms. The molecular formula is C14H10NNaO3S. The van der Waals surface area contributed by atoms with E-state index in [-0.39, 0.29) is 46.7 Å². The third kappa shape index (κ3) is 4.61. The molecule has 1 amide bonds. The van der Waals surface area contributed by atoms with Gasteiger partial charge in [-0.15, -0.1) is 11.3 Å². The first-order valence-corrected chi connectivity index (χ1v) is 6.38. The summed E-state index contributed by atoms with van der Waals surface area (Å²) < 4.78 is 0. The molecule has 1 heterocycles. The Bertz CT molecular complexity index is 623. The minimum Gasteiger partial charge on any atom is -0.545 e. The number of benzene rings is 1. The van der Waals surface area contributed by atoms with Crippen molar-refractivity contribution in [1.29, 1.82) is 0 Å². The first-order valence-electron chi connectivity index (χ1n) is 5.50. The van der Waals surface area contributed by atoms with Crippen LogP contribution in [0.2, 0.25) is 0 Å². The smallest absolute Gasteiger partial charge is 0.545 e. The maximum Gasteiger partial charge on any atom is 1.00 e. The number of aromatic carboxylic acids is 1. The Balaban J connectivity index is 0.00000200. The molecule has 2 aromatic rings. The molecule has 1 aromatic heterocycles. The number of hydrogen-bond donors (Lipinski definition) is 1. The van der Waals surface area contributed by atoms with Crippen molar-refractivity contribution >= 4 is 35.0 Å². The van der Waals surface area contributed by atoms with Gasteiger partial charge in [-0.2, -0.15) is 0 Å². The van der Waals surface area contributed by atoms with E-state index in [0.717, 1.165) is 4.88 Å². The predicted molar refractivity (Wildman–Crippen MR) is 72.8 cm³/mol. The minimum atomic E-state index is -1.32. The number of carboxylic acid groups (broad SMARTS) is 1. The zero-order valence-electron chi connectivity index (χ0n) is 10.8. The number of hydrogen-bond acceptors (Lipinski definition) is 4. The fraction of sp³-hybridized carbons (Fsp3) is 0. The van der Waals surface area contributed by atoms with Crippen molar-refractivity contribution in [2.45, 2.75) is 0 Å². The quantitative estimate of drug-likeness (QED) is 0.567. The standard InChI is InChI=1S/C14H11NO3S.Na/c16-13(8-7-10-4-3-9-19-10)15-12-6-2-1-5-11(12)14(17)18;/h1-9H,(H,15,16)(H,17,18);/q;+1/p-1. The van der Waals surface area contributed by atoms with Crippen LogP contribution in [0, 0.1) is 0 Å². The van der Waals surface area contributed by atoms with Gasteiger partial charge < -0.3 is 15.2 Å². The van der Waals surface area contributed by atoms with Crippen LogP contribution in [0.25, 0.3) is 6.08 Å². The number of anilines is 1. The maximum absolute atomic E-state index is 11.7. The SMILES string of the molecule is O=C(C=Cc1cccs1)Nc1ccccc1C(=O)[O-].[Na+]. The summed E-state index contributed by atoms with van der Waals surface area (Å²) in [7, 11) is 0. The molecule has 0 saturated carbocycles. The van der Waals surface area contributed by atoms with E-state index in [0.29, 0.717) is 0 Å². The number of para-hydroxylation sites is 1. The molecular weight excluding hydrogens is 285 g/mol. The molecule has 0 aliphatic heterocycles. The molecule has 0 aliphatic rings. The van der Waals surface area contributed by atoms with Gasteiger partial charge in [0.25, 0.3) is 0 Å². The van der Waals surface area contributed by atoms with Crippen LogP contribution in [0.4, 0.5) is 5.69 Å². The van der Waals surface area contributed by atoms with Crippen molar-refractivity contribution in [1.82, 2.24) is 0 Å². The average Bonchev–Trinajstić information content (AvgIpc) is 2.90. The van der Waals surface area contributed by atoms with Crippen LogP contribution in [0.3, 0.4) is 0 Å². The molecule has 1 N–H and O–H groups in total. The van der Waals surface area contributed by atoms with E-state index in [9.17, 15) is 14.7 Å². The second kappa shape index (κ2) is 8.01. The Labute approximate surface area is 142 Å². The average molecular weight is 295 g/mol. The summed E-state index contributed by atoms with van der Waals surface area (Å²) in [5.74, 6) is -1.71. The summed E-state index contributed by atoms with van der Waals surface area (Å²) in [6, 6.07) is 9.88. The van der Waals surface area contributed by atoms with Crippen LogP contribution in [0.15, 0.2) is 47.9 Å². The van der Waals surface area contributed by atoms with E-state index < -0.39 is 5.97 Å². The molecule has 0 bridgehead atoms. The summed E-state index contributed by atoms with van der Waals surface area (Å²) in [5, 5.41) is 15.3. The van der Waals surface area contributed by atoms with E-state index in [4.69, 9.17) is 0 Å². The zero-order chi connectivity index (χ0) is 13.7. The number of rotatable bonds is 4. The van der Waals surface area contributed by atoms with Crippen LogP contribution in [0.1, 0.15) is 15.2 Å². The van der Waals surface area contributed by atoms with Crippen molar-refractivity contribution < 1.29 is 44.3 Å². The van der Waals surface area contributed by atoms with Gasteiger partial charge in [-0.25, -0.2) is 0 Å². The van der Waals surface area contributed by atoms with Crippen LogP contribution < -0.4 is 40.0 Å². The summed E-state index contributed by atoms with van der Waals surface area (Å²) in [6.07, 6.45) is 3.03. The number of thiophene rings is 1. The molecule has 0 radical (unpaired) electrons. The maximum atomic E-state index is 11.7. The summed E-state index contributed by atoms with van der Waals surface area (Å²) in [6.45, 7) is 0. The van der Waals surface area contributed by atoms with Gasteiger partial charge in [-0.3, -0.25) is 4.79 Å². The third-order valence-corrected chi connectivity index (χ3v) is 3.18. The second-order valence-electron chi connectivity index (χ2n) is 3.67. The van der Waals surface area contributed by atoms with Gasteiger partial charge in [0.05, 0.1) is 11.7 Å². The van der Waals surface area contributed by atoms with Crippen LogP contribution in [0.5, 0.6) is 0 Å². The molecule has 6 heteroatoms. The van der Waals surface area contributed by atoms with Gasteiger partial charge in [-0.05, 0) is 23.6 Å². The van der Waals surface area contributed by atoms with Crippen LogP contribution in [-0.4, -0.2) is 11.9 Å². The van der Waals surface area contributed by atoms with Gasteiger partial charge in [0, 0.05) is 16.5 Å². The normalized spacial score (nSPS) is 10.0. The van der Waals surface area contributed by atoms with Gasteiger partial charge in [0.2, 0.25) is 5.91 Å². The fourth-order valence-corrected chi connectivity index (χ4v) is 2.11. The summed E-state index contributed by atoms with van der Waals surface area (Å²) in [5.41, 5.74) is 0.184. The van der Waals surface area contributed by atoms with Gasteiger partial charge in [0.1, 0.15) is 0 Å². The van der Waals surface area contributed by atoms with E-state index in [1.807, 2.05) is 17.5 Å². The number of carboxylic acids is 1. The molecule has 2 rings (SSSR count). The largest absolute Gasteiger partial charge is 1.00 e. The Morgan fingerprint density at radius 1 is 1.15 bits per heavy atom. The third-order valence-electron chi connectivity index (χ3n) is 2.35. The predicted octanol–water partition coefficient (Wildman–Crippen LogP) is -1.23. The van der Waals surface area contributed by atoms with E-state index in [1.165, 1.54) is 29.5 Å². The Kier molecular flexibility index (Phi) is 6.67. The van der Waals surface area contributed by atoms with Crippen molar-refractivity contribution in [3.05, 3.63) is 58.3 Å². The Morgan fingerprint density at radius 2 is 1.90 bits per heavy atom. The molecule has 96 valence electrons. The second-order valence-corrected chi connectivity index (χ2v) is 4.65. The molecule has 0 saturated heterocycles. The van der Waals surface area contributed by atoms with Crippen molar-refractivity contribution in [3.63, 3.8) is 0 Å². The number of nitrogens with one attached hydrogen (secondary N) is 1. The molecule has 0 unspecified atom stereocenters. The summed E-state index contributed by atoms with van der Waals surface area (Å²) in [4.78, 5) is 23.5. The molecule has 1 aromatic carbocycles. The van der Waals surface area contributed by atoms with E-state index in [1.54, 1.807) is 18.2 Å². The molecule has 0 aliphatic carbocycles. The van der Waals surface area contributed by atoms with E-state index in [2.05, 4.69) is 5.32 Å². The first-order chi connectivity index (χ1) is 9.16. The molecule has 0 atom stereocenters. The monoisotopic (exact) mass is 295 g/mol. The molecule has 0 fully saturated rings. The van der Waals surface area contributed by atoms with Crippen molar-refractivity contribution in [2.75, 3.05) is 5.32 Å². The molecule has 4 nitrogen and oxygen atoms in total. The van der Waals surface area contributed by atoms with Gasteiger partial charge in [0.15, 0.2) is 0 Å². The van der Waals surface area contributed by atoms with Gasteiger partial charge in [-0.1, -0.05) is 24.3 Å². The van der Waals surface area contributed by atoms with Gasteiger partial charge >= 0.3 is 29.6 Å². The number of amides is 1. The summed E-state index contributed by atoms with van der Waals surface area (Å²) >= 11 is 1.51. The Morgan fingerprint density at radius 3 is 2.55 bits per heavy atom. The number of carbonyl (C=O) groups is 2. The first kappa shape index (κ1) is 16.7. The van der Waals surface area contributed by atoms with Crippen molar-refractivity contribution in [2.24, 2.45) is 0 Å². The molecule has 20 heavy (non-hydrogen) atoms. The van der Waals surface area contributed by atoms with Crippen LogP contribution >= 0.6 is 11.3 Å².